The van der Waals surface area contributed by atoms with Crippen molar-refractivity contribution in [1.29, 1.82) is 5.26 Å². The number of nitrogens with one attached hydrogen (secondary N) is 3. The van der Waals surface area contributed by atoms with Gasteiger partial charge < -0.3 is 14.6 Å². The maximum absolute atomic E-state index is 11.9. The minimum absolute atomic E-state index is 0.00695. The summed E-state index contributed by atoms with van der Waals surface area (Å²) < 4.78 is 10.1. The highest BCUT2D eigenvalue weighted by atomic mass is 35.5. The summed E-state index contributed by atoms with van der Waals surface area (Å²) in [5, 5.41) is 30.5. The Labute approximate surface area is 197 Å². The van der Waals surface area contributed by atoms with Crippen molar-refractivity contribution in [2.45, 2.75) is 26.4 Å². The van der Waals surface area contributed by atoms with E-state index in [1.807, 2.05) is 5.32 Å². The summed E-state index contributed by atoms with van der Waals surface area (Å²) in [5.74, 6) is -1.18. The summed E-state index contributed by atoms with van der Waals surface area (Å²) in [5.41, 5.74) is -0.0895. The number of halogens is 2. The molecule has 0 atom stereocenters. The number of alkyl carbamates (subject to hydrolysis) is 1. The first-order valence-corrected chi connectivity index (χ1v) is 9.93. The van der Waals surface area contributed by atoms with Crippen molar-refractivity contribution in [3.05, 3.63) is 44.2 Å². The number of nitrogens with zero attached hydrogens (tertiary/aromatic N) is 3. The Morgan fingerprint density at radius 1 is 1.30 bits per heavy atom. The van der Waals surface area contributed by atoms with Gasteiger partial charge >= 0.3 is 6.09 Å². The van der Waals surface area contributed by atoms with Gasteiger partial charge in [0.2, 0.25) is 11.6 Å². The fourth-order valence-corrected chi connectivity index (χ4v) is 2.85. The Hall–Kier alpha value is -3.66. The summed E-state index contributed by atoms with van der Waals surface area (Å²) in [6, 6.07) is 5.43. The van der Waals surface area contributed by atoms with Crippen molar-refractivity contribution >= 4 is 46.6 Å². The van der Waals surface area contributed by atoms with Crippen LogP contribution < -0.4 is 21.0 Å². The lowest BCUT2D eigenvalue weighted by Crippen LogP contribution is -2.36. The number of imide groups is 1. The van der Waals surface area contributed by atoms with Crippen LogP contribution >= 0.6 is 23.2 Å². The van der Waals surface area contributed by atoms with Gasteiger partial charge in [0.1, 0.15) is 6.07 Å². The number of hydrogen-bond donors (Lipinski definition) is 4. The number of aliphatic hydroxyl groups is 1. The van der Waals surface area contributed by atoms with E-state index in [0.717, 1.165) is 0 Å². The number of carbonyl (C=O) groups excluding carboxylic acids is 2. The summed E-state index contributed by atoms with van der Waals surface area (Å²) in [6.07, 6.45) is -1.03. The highest BCUT2D eigenvalue weighted by Gasteiger charge is 2.22. The van der Waals surface area contributed by atoms with Gasteiger partial charge in [-0.15, -0.1) is 5.10 Å². The van der Waals surface area contributed by atoms with Gasteiger partial charge in [-0.3, -0.25) is 20.3 Å². The number of nitriles is 1. The van der Waals surface area contributed by atoms with Crippen molar-refractivity contribution in [1.82, 2.24) is 15.5 Å². The average molecular weight is 497 g/mol. The maximum Gasteiger partial charge on any atom is 0.414 e. The van der Waals surface area contributed by atoms with E-state index in [9.17, 15) is 19.5 Å². The number of aromatic amines is 1. The van der Waals surface area contributed by atoms with Crippen LogP contribution in [0.4, 0.5) is 10.5 Å². The Balaban J connectivity index is 2.23. The van der Waals surface area contributed by atoms with Crippen LogP contribution in [0.2, 0.25) is 10.0 Å². The highest BCUT2D eigenvalue weighted by Crippen LogP contribution is 2.38. The van der Waals surface area contributed by atoms with Gasteiger partial charge in [-0.05, 0) is 32.9 Å². The molecule has 0 spiro atoms. The highest BCUT2D eigenvalue weighted by molar-refractivity contribution is 6.47. The molecular formula is C19H18Cl2N6O6. The van der Waals surface area contributed by atoms with E-state index in [0.29, 0.717) is 0 Å². The Bertz CT molecular complexity index is 1180. The second-order valence-electron chi connectivity index (χ2n) is 6.74. The quantitative estimate of drug-likeness (QED) is 0.331. The predicted octanol–water partition coefficient (Wildman–Crippen LogP) is 2.66. The number of carbonyl (C=O) groups is 2. The van der Waals surface area contributed by atoms with Gasteiger partial charge in [-0.1, -0.05) is 23.2 Å². The molecule has 0 saturated heterocycles. The first-order valence-electron chi connectivity index (χ1n) is 9.17. The molecule has 1 heterocycles. The van der Waals surface area contributed by atoms with Gasteiger partial charge in [0.25, 0.3) is 11.5 Å². The van der Waals surface area contributed by atoms with Crippen molar-refractivity contribution < 1.29 is 24.2 Å². The second kappa shape index (κ2) is 10.8. The largest absolute Gasteiger partial charge is 0.450 e. The number of amides is 2. The standard InChI is InChI=1S/C19H18Cl2N6O6/c1-4-32-18(30)23-17(29)13(8-22)25-24-9-5-11(20)15(12(21)6-9)33-14-7-10(19(2,3)31)16(28)27-26-14/h5-7,24,31H,4H2,1-3H3,(H,27,28)(H,23,29,30). The van der Waals surface area contributed by atoms with Crippen molar-refractivity contribution in [2.75, 3.05) is 12.0 Å². The minimum Gasteiger partial charge on any atom is -0.450 e. The smallest absolute Gasteiger partial charge is 0.414 e. The molecule has 0 fully saturated rings. The van der Waals surface area contributed by atoms with Crippen LogP contribution in [-0.2, 0) is 15.1 Å². The monoisotopic (exact) mass is 496 g/mol. The summed E-state index contributed by atoms with van der Waals surface area (Å²) in [6.45, 7) is 4.43. The molecule has 4 N–H and O–H groups in total. The molecule has 0 aliphatic rings. The topological polar surface area (TPSA) is 179 Å². The fourth-order valence-electron chi connectivity index (χ4n) is 2.29. The van der Waals surface area contributed by atoms with E-state index in [4.69, 9.17) is 33.2 Å². The zero-order valence-corrected chi connectivity index (χ0v) is 19.0. The van der Waals surface area contributed by atoms with Gasteiger partial charge in [0.15, 0.2) is 5.75 Å². The van der Waals surface area contributed by atoms with Gasteiger partial charge in [-0.2, -0.15) is 10.4 Å². The number of aromatic nitrogens is 2. The van der Waals surface area contributed by atoms with Crippen LogP contribution in [-0.4, -0.2) is 39.6 Å². The van der Waals surface area contributed by atoms with Gasteiger partial charge in [0, 0.05) is 6.07 Å². The average Bonchev–Trinajstić information content (AvgIpc) is 2.71. The molecule has 2 rings (SSSR count). The van der Waals surface area contributed by atoms with Crippen LogP contribution in [0.25, 0.3) is 0 Å². The first-order chi connectivity index (χ1) is 15.5. The van der Waals surface area contributed by atoms with E-state index in [1.54, 1.807) is 6.92 Å². The molecule has 1 aromatic heterocycles. The van der Waals surface area contributed by atoms with Crippen LogP contribution in [0.15, 0.2) is 28.1 Å². The molecule has 2 aromatic rings. The zero-order chi connectivity index (χ0) is 24.8. The van der Waals surface area contributed by atoms with Crippen LogP contribution in [0.1, 0.15) is 26.3 Å². The SMILES string of the molecule is CCOC(=O)NC(=O)C(C#N)=NNc1cc(Cl)c(Oc2cc(C(C)(C)O)c(=O)[nH]n2)c(Cl)c1. The molecular weight excluding hydrogens is 479 g/mol. The molecule has 2 amide bonds. The number of anilines is 1. The molecule has 0 bridgehead atoms. The normalized spacial score (nSPS) is 11.4. The van der Waals surface area contributed by atoms with Crippen molar-refractivity contribution in [2.24, 2.45) is 5.10 Å². The van der Waals surface area contributed by atoms with E-state index in [1.165, 1.54) is 38.1 Å². The molecule has 12 nitrogen and oxygen atoms in total. The molecule has 1 aromatic carbocycles. The molecule has 174 valence electrons. The van der Waals surface area contributed by atoms with Gasteiger partial charge in [0.05, 0.1) is 33.5 Å². The zero-order valence-electron chi connectivity index (χ0n) is 17.5. The molecule has 0 aliphatic carbocycles. The van der Waals surface area contributed by atoms with Crippen LogP contribution in [0.3, 0.4) is 0 Å². The molecule has 0 radical (unpaired) electrons. The molecule has 0 aliphatic heterocycles. The van der Waals surface area contributed by atoms with Crippen molar-refractivity contribution in [3.8, 4) is 17.7 Å². The van der Waals surface area contributed by atoms with Crippen LogP contribution in [0.5, 0.6) is 11.6 Å². The number of ether oxygens (including phenoxy) is 2. The Kier molecular flexibility index (Phi) is 8.36. The molecule has 33 heavy (non-hydrogen) atoms. The van der Waals surface area contributed by atoms with Crippen molar-refractivity contribution in [3.63, 3.8) is 0 Å². The molecule has 0 saturated carbocycles. The lowest BCUT2D eigenvalue weighted by molar-refractivity contribution is -0.114. The van der Waals surface area contributed by atoms with Crippen LogP contribution in [0, 0.1) is 11.3 Å². The number of H-pyrrole nitrogens is 1. The lowest BCUT2D eigenvalue weighted by atomic mass is 10.0. The Morgan fingerprint density at radius 3 is 2.48 bits per heavy atom. The third-order valence-electron chi connectivity index (χ3n) is 3.75. The maximum atomic E-state index is 11.9. The fraction of sp³-hybridized carbons (Fsp3) is 0.263. The summed E-state index contributed by atoms with van der Waals surface area (Å²) in [7, 11) is 0. The number of hydrazone groups is 1. The first kappa shape index (κ1) is 25.6. The van der Waals surface area contributed by atoms with Gasteiger partial charge in [-0.25, -0.2) is 9.89 Å². The summed E-state index contributed by atoms with van der Waals surface area (Å²) in [4.78, 5) is 35.0. The number of rotatable bonds is 7. The second-order valence-corrected chi connectivity index (χ2v) is 7.55. The predicted molar refractivity (Wildman–Crippen MR) is 118 cm³/mol. The number of hydrogen-bond acceptors (Lipinski definition) is 10. The Morgan fingerprint density at radius 2 is 1.94 bits per heavy atom. The molecule has 0 unspecified atom stereocenters. The lowest BCUT2D eigenvalue weighted by Gasteiger charge is -2.17. The minimum atomic E-state index is -1.45. The molecule has 14 heteroatoms. The van der Waals surface area contributed by atoms with E-state index >= 15 is 0 Å². The number of benzene rings is 1. The van der Waals surface area contributed by atoms with E-state index in [-0.39, 0.29) is 39.5 Å². The van der Waals surface area contributed by atoms with E-state index < -0.39 is 28.9 Å². The van der Waals surface area contributed by atoms with E-state index in [2.05, 4.69) is 25.5 Å². The third-order valence-corrected chi connectivity index (χ3v) is 4.31. The third kappa shape index (κ3) is 6.91. The summed E-state index contributed by atoms with van der Waals surface area (Å²) >= 11 is 12.4.